The lowest BCUT2D eigenvalue weighted by molar-refractivity contribution is -0.140. The fourth-order valence-corrected chi connectivity index (χ4v) is 2.49. The van der Waals surface area contributed by atoms with Crippen molar-refractivity contribution in [1.82, 2.24) is 0 Å². The largest absolute Gasteiger partial charge is 0.491 e. The molecule has 1 fully saturated rings. The summed E-state index contributed by atoms with van der Waals surface area (Å²) < 4.78 is 63.6. The van der Waals surface area contributed by atoms with Crippen LogP contribution in [0, 0.1) is 5.82 Å². The minimum atomic E-state index is -4.75. The van der Waals surface area contributed by atoms with Crippen LogP contribution < -0.4 is 0 Å². The molecule has 0 spiro atoms. The van der Waals surface area contributed by atoms with E-state index in [9.17, 15) is 17.6 Å². The first-order chi connectivity index (χ1) is 10.9. The van der Waals surface area contributed by atoms with Crippen molar-refractivity contribution in [3.63, 3.8) is 0 Å². The van der Waals surface area contributed by atoms with Crippen LogP contribution in [-0.4, -0.2) is 24.1 Å². The van der Waals surface area contributed by atoms with Crippen molar-refractivity contribution in [2.24, 2.45) is 0 Å². The van der Waals surface area contributed by atoms with E-state index in [1.807, 2.05) is 27.7 Å². The van der Waals surface area contributed by atoms with Gasteiger partial charge in [-0.1, -0.05) is 12.1 Å². The Morgan fingerprint density at radius 1 is 1.17 bits per heavy atom. The summed E-state index contributed by atoms with van der Waals surface area (Å²) in [7, 11) is -0.716. The Morgan fingerprint density at radius 2 is 1.71 bits per heavy atom. The van der Waals surface area contributed by atoms with Crippen LogP contribution in [0.5, 0.6) is 0 Å². The van der Waals surface area contributed by atoms with Gasteiger partial charge in [0, 0.05) is 5.75 Å². The highest BCUT2D eigenvalue weighted by Crippen LogP contribution is 2.39. The third-order valence-corrected chi connectivity index (χ3v) is 4.75. The second-order valence-corrected chi connectivity index (χ2v) is 7.02. The van der Waals surface area contributed by atoms with Crippen molar-refractivity contribution >= 4 is 25.8 Å². The molecule has 1 aromatic rings. The zero-order valence-electron chi connectivity index (χ0n) is 13.9. The maximum absolute atomic E-state index is 13.4. The molecule has 2 nitrogen and oxygen atoms in total. The molecule has 0 N–H and O–H groups in total. The lowest BCUT2D eigenvalue weighted by Crippen LogP contribution is -2.41. The van der Waals surface area contributed by atoms with Crippen molar-refractivity contribution < 1.29 is 26.9 Å². The highest BCUT2D eigenvalue weighted by atomic mass is 32.1. The van der Waals surface area contributed by atoms with Gasteiger partial charge in [0.2, 0.25) is 0 Å². The lowest BCUT2D eigenvalue weighted by atomic mass is 9.78. The molecule has 0 bridgehead atoms. The third-order valence-electron chi connectivity index (χ3n) is 4.39. The lowest BCUT2D eigenvalue weighted by Gasteiger charge is -2.32. The zero-order chi connectivity index (χ0) is 18.3. The summed E-state index contributed by atoms with van der Waals surface area (Å²) in [6.45, 7) is 7.51. The van der Waals surface area contributed by atoms with Gasteiger partial charge in [-0.15, -0.1) is 0 Å². The van der Waals surface area contributed by atoms with Crippen LogP contribution in [-0.2, 0) is 15.5 Å². The number of benzene rings is 1. The molecule has 1 aliphatic heterocycles. The fraction of sp³-hybridized carbons (Fsp3) is 0.500. The molecule has 0 amide bonds. The van der Waals surface area contributed by atoms with Gasteiger partial charge in [-0.2, -0.15) is 25.8 Å². The van der Waals surface area contributed by atoms with Crippen LogP contribution in [0.2, 0.25) is 0 Å². The third kappa shape index (κ3) is 3.81. The molecule has 1 aromatic carbocycles. The molecule has 132 valence electrons. The molecular weight excluding hydrogens is 343 g/mol. The summed E-state index contributed by atoms with van der Waals surface area (Å²) in [6.07, 6.45) is -3.26. The van der Waals surface area contributed by atoms with E-state index in [1.165, 1.54) is 12.1 Å². The smallest absolute Gasteiger partial charge is 0.400 e. The average molecular weight is 362 g/mol. The van der Waals surface area contributed by atoms with E-state index < -0.39 is 35.9 Å². The monoisotopic (exact) mass is 362 g/mol. The Bertz CT molecular complexity index is 640. The summed E-state index contributed by atoms with van der Waals surface area (Å²) in [5, 5.41) is 0. The summed E-state index contributed by atoms with van der Waals surface area (Å²) in [6, 6.07) is 2.85. The normalized spacial score (nSPS) is 20.5. The van der Waals surface area contributed by atoms with Gasteiger partial charge in [0.1, 0.15) is 5.82 Å². The summed E-state index contributed by atoms with van der Waals surface area (Å²) >= 11 is 4.21. The van der Waals surface area contributed by atoms with Crippen molar-refractivity contribution in [1.29, 1.82) is 0 Å². The van der Waals surface area contributed by atoms with E-state index >= 15 is 0 Å². The molecule has 0 radical (unpaired) electrons. The summed E-state index contributed by atoms with van der Waals surface area (Å²) in [4.78, 5) is 0. The number of halogens is 4. The van der Waals surface area contributed by atoms with Gasteiger partial charge in [0.05, 0.1) is 16.8 Å². The van der Waals surface area contributed by atoms with Crippen LogP contribution >= 0.6 is 12.6 Å². The Labute approximate surface area is 144 Å². The fourth-order valence-electron chi connectivity index (χ4n) is 2.25. The first-order valence-corrected chi connectivity index (χ1v) is 8.04. The van der Waals surface area contributed by atoms with Crippen molar-refractivity contribution in [3.8, 4) is 0 Å². The average Bonchev–Trinajstić information content (AvgIpc) is 2.65. The molecule has 1 saturated heterocycles. The molecule has 0 atom stereocenters. The van der Waals surface area contributed by atoms with Crippen molar-refractivity contribution in [2.75, 3.05) is 5.75 Å². The number of rotatable bonds is 3. The summed E-state index contributed by atoms with van der Waals surface area (Å²) in [5.41, 5.74) is -1.66. The summed E-state index contributed by atoms with van der Waals surface area (Å²) in [5.74, 6) is -1.07. The van der Waals surface area contributed by atoms with Crippen molar-refractivity contribution in [3.05, 3.63) is 40.6 Å². The molecular formula is C16H19BF4O2S. The highest BCUT2D eigenvalue weighted by Gasteiger charge is 2.52. The van der Waals surface area contributed by atoms with Gasteiger partial charge >= 0.3 is 13.3 Å². The standard InChI is InChI=1S/C16H19BF4O2S/c1-14(2)15(3,4)23-17(22-14)11(9-24)7-10-5-6-13(18)12(8-10)16(19,20)21/h5-8,24H,9H2,1-4H3. The predicted octanol–water partition coefficient (Wildman–Crippen LogP) is 4.79. The number of hydrogen-bond acceptors (Lipinski definition) is 3. The van der Waals surface area contributed by atoms with Gasteiger partial charge < -0.3 is 9.31 Å². The first-order valence-electron chi connectivity index (χ1n) is 7.41. The van der Waals surface area contributed by atoms with Crippen LogP contribution in [0.3, 0.4) is 0 Å². The molecule has 0 aliphatic carbocycles. The SMILES string of the molecule is CC1(C)OB(C(=Cc2ccc(F)c(C(F)(F)F)c2)CS)OC1(C)C. The first kappa shape index (κ1) is 19.3. The Morgan fingerprint density at radius 3 is 2.17 bits per heavy atom. The second kappa shape index (κ2) is 6.39. The van der Waals surface area contributed by atoms with E-state index in [2.05, 4.69) is 12.6 Å². The van der Waals surface area contributed by atoms with Gasteiger partial charge in [0.25, 0.3) is 0 Å². The molecule has 2 rings (SSSR count). The van der Waals surface area contributed by atoms with Gasteiger partial charge in [0.15, 0.2) is 0 Å². The minimum absolute atomic E-state index is 0.211. The molecule has 0 saturated carbocycles. The van der Waals surface area contributed by atoms with Crippen LogP contribution in [0.1, 0.15) is 38.8 Å². The maximum atomic E-state index is 13.4. The molecule has 1 heterocycles. The zero-order valence-corrected chi connectivity index (χ0v) is 14.8. The van der Waals surface area contributed by atoms with Crippen molar-refractivity contribution in [2.45, 2.75) is 45.1 Å². The maximum Gasteiger partial charge on any atom is 0.491 e. The molecule has 0 aromatic heterocycles. The number of hydrogen-bond donors (Lipinski definition) is 1. The van der Waals surface area contributed by atoms with E-state index in [1.54, 1.807) is 0 Å². The predicted molar refractivity (Wildman–Crippen MR) is 89.3 cm³/mol. The van der Waals surface area contributed by atoms with E-state index in [0.717, 1.165) is 12.1 Å². The molecule has 1 aliphatic rings. The number of thiol groups is 1. The van der Waals surface area contributed by atoms with Gasteiger partial charge in [-0.25, -0.2) is 4.39 Å². The van der Waals surface area contributed by atoms with Crippen LogP contribution in [0.25, 0.3) is 6.08 Å². The Kier molecular flexibility index (Phi) is 5.15. The van der Waals surface area contributed by atoms with Gasteiger partial charge in [-0.3, -0.25) is 0 Å². The molecule has 8 heteroatoms. The second-order valence-electron chi connectivity index (χ2n) is 6.70. The Hall–Kier alpha value is -0.985. The van der Waals surface area contributed by atoms with E-state index in [-0.39, 0.29) is 11.3 Å². The quantitative estimate of drug-likeness (QED) is 0.474. The van der Waals surface area contributed by atoms with E-state index in [4.69, 9.17) is 9.31 Å². The molecule has 0 unspecified atom stereocenters. The number of alkyl halides is 3. The minimum Gasteiger partial charge on any atom is -0.400 e. The van der Waals surface area contributed by atoms with Crippen LogP contribution in [0.15, 0.2) is 23.7 Å². The Balaban J connectivity index is 2.36. The van der Waals surface area contributed by atoms with Crippen LogP contribution in [0.4, 0.5) is 17.6 Å². The molecule has 24 heavy (non-hydrogen) atoms. The van der Waals surface area contributed by atoms with Gasteiger partial charge in [-0.05, 0) is 50.9 Å². The topological polar surface area (TPSA) is 18.5 Å². The highest BCUT2D eigenvalue weighted by molar-refractivity contribution is 7.80. The van der Waals surface area contributed by atoms with E-state index in [0.29, 0.717) is 5.47 Å².